The van der Waals surface area contributed by atoms with E-state index in [1.165, 1.54) is 57.8 Å². The van der Waals surface area contributed by atoms with Crippen molar-refractivity contribution in [2.24, 2.45) is 11.8 Å². The van der Waals surface area contributed by atoms with Gasteiger partial charge in [-0.25, -0.2) is 15.0 Å². The molecule has 2 bridgehead atoms. The predicted octanol–water partition coefficient (Wildman–Crippen LogP) is 14.5. The lowest BCUT2D eigenvalue weighted by atomic mass is 9.81. The average molecular weight is 783 g/mol. The number of para-hydroxylation sites is 1. The van der Waals surface area contributed by atoms with Gasteiger partial charge in [-0.05, 0) is 100 Å². The van der Waals surface area contributed by atoms with Gasteiger partial charge in [-0.15, -0.1) is 0 Å². The Balaban J connectivity index is 1.08. The summed E-state index contributed by atoms with van der Waals surface area (Å²) in [6.07, 6.45) is 4.06. The summed E-state index contributed by atoms with van der Waals surface area (Å²) >= 11 is 0. The van der Waals surface area contributed by atoms with Gasteiger partial charge >= 0.3 is 0 Å². The molecule has 13 rings (SSSR count). The number of hydrogen-bond acceptors (Lipinski definition) is 3. The Morgan fingerprint density at radius 3 is 1.41 bits per heavy atom. The highest BCUT2D eigenvalue weighted by molar-refractivity contribution is 6.10. The molecule has 3 saturated carbocycles. The zero-order valence-electron chi connectivity index (χ0n) is 33.7. The van der Waals surface area contributed by atoms with E-state index in [9.17, 15) is 0 Å². The van der Waals surface area contributed by atoms with Gasteiger partial charge in [-0.1, -0.05) is 176 Å². The van der Waals surface area contributed by atoms with Gasteiger partial charge in [0.2, 0.25) is 0 Å². The van der Waals surface area contributed by atoms with E-state index >= 15 is 0 Å². The zero-order chi connectivity index (χ0) is 40.3. The maximum atomic E-state index is 5.36. The van der Waals surface area contributed by atoms with Crippen LogP contribution >= 0.6 is 0 Å². The van der Waals surface area contributed by atoms with Crippen molar-refractivity contribution in [3.63, 3.8) is 0 Å². The van der Waals surface area contributed by atoms with Crippen LogP contribution < -0.4 is 0 Å². The van der Waals surface area contributed by atoms with Gasteiger partial charge in [0.1, 0.15) is 0 Å². The normalized spacial score (nSPS) is 16.8. The molecule has 61 heavy (non-hydrogen) atoms. The van der Waals surface area contributed by atoms with Crippen LogP contribution in [0.15, 0.2) is 200 Å². The highest BCUT2D eigenvalue weighted by Gasteiger charge is 2.44. The molecule has 0 amide bonds. The number of nitrogens with zero attached hydrogens (tertiary/aromatic N) is 4. The monoisotopic (exact) mass is 782 g/mol. The lowest BCUT2D eigenvalue weighted by Gasteiger charge is -2.24. The number of benzene rings is 8. The van der Waals surface area contributed by atoms with Gasteiger partial charge in [0.15, 0.2) is 17.5 Å². The molecule has 290 valence electrons. The van der Waals surface area contributed by atoms with E-state index in [2.05, 4.69) is 205 Å². The van der Waals surface area contributed by atoms with E-state index in [0.717, 1.165) is 56.5 Å². The Kier molecular flexibility index (Phi) is 8.55. The van der Waals surface area contributed by atoms with Gasteiger partial charge in [0.25, 0.3) is 0 Å². The second-order valence-corrected chi connectivity index (χ2v) is 16.9. The Bertz CT molecular complexity index is 3100. The smallest absolute Gasteiger partial charge is 0.166 e. The van der Waals surface area contributed by atoms with E-state index < -0.39 is 0 Å². The van der Waals surface area contributed by atoms with Crippen molar-refractivity contribution in [2.45, 2.75) is 25.2 Å². The van der Waals surface area contributed by atoms with Gasteiger partial charge in [0, 0.05) is 27.5 Å². The van der Waals surface area contributed by atoms with Crippen molar-refractivity contribution < 1.29 is 0 Å². The number of aromatic nitrogens is 4. The fourth-order valence-corrected chi connectivity index (χ4v) is 10.1. The highest BCUT2D eigenvalue weighted by Crippen LogP contribution is 2.57. The van der Waals surface area contributed by atoms with Crippen LogP contribution in [0.3, 0.4) is 0 Å². The van der Waals surface area contributed by atoms with Crippen LogP contribution in [-0.2, 0) is 0 Å². The number of fused-ring (bicyclic) bond motifs is 4. The number of rotatable bonds is 8. The zero-order valence-corrected chi connectivity index (χ0v) is 33.7. The summed E-state index contributed by atoms with van der Waals surface area (Å²) in [4.78, 5) is 15.9. The van der Waals surface area contributed by atoms with Crippen LogP contribution in [0.2, 0.25) is 0 Å². The second kappa shape index (κ2) is 14.7. The van der Waals surface area contributed by atoms with Crippen LogP contribution in [0.4, 0.5) is 0 Å². The first-order chi connectivity index (χ1) is 30.2. The third-order valence-electron chi connectivity index (χ3n) is 13.3. The van der Waals surface area contributed by atoms with Crippen molar-refractivity contribution in [3.05, 3.63) is 206 Å². The molecule has 0 spiro atoms. The molecule has 0 radical (unpaired) electrons. The second-order valence-electron chi connectivity index (χ2n) is 16.9. The predicted molar refractivity (Wildman–Crippen MR) is 250 cm³/mol. The fourth-order valence-electron chi connectivity index (χ4n) is 10.1. The minimum Gasteiger partial charge on any atom is -0.308 e. The van der Waals surface area contributed by atoms with Gasteiger partial charge in [-0.3, -0.25) is 0 Å². The summed E-state index contributed by atoms with van der Waals surface area (Å²) in [6, 6.07) is 71.7. The van der Waals surface area contributed by atoms with Crippen LogP contribution in [0, 0.1) is 11.8 Å². The van der Waals surface area contributed by atoms with Crippen LogP contribution in [0.25, 0.3) is 95.0 Å². The summed E-state index contributed by atoms with van der Waals surface area (Å²) in [7, 11) is 0. The van der Waals surface area contributed by atoms with Crippen molar-refractivity contribution in [3.8, 4) is 73.2 Å². The number of hydrogen-bond donors (Lipinski definition) is 0. The van der Waals surface area contributed by atoms with Crippen LogP contribution in [0.5, 0.6) is 0 Å². The Labute approximate surface area is 355 Å². The van der Waals surface area contributed by atoms with Crippen LogP contribution in [-0.4, -0.2) is 19.5 Å². The van der Waals surface area contributed by atoms with E-state index in [-0.39, 0.29) is 0 Å². The molecule has 2 heterocycles. The highest BCUT2D eigenvalue weighted by atomic mass is 15.1. The van der Waals surface area contributed by atoms with Crippen molar-refractivity contribution in [1.82, 2.24) is 19.5 Å². The molecule has 3 aliphatic carbocycles. The molecule has 4 nitrogen and oxygen atoms in total. The summed E-state index contributed by atoms with van der Waals surface area (Å²) in [6.45, 7) is 0. The lowest BCUT2D eigenvalue weighted by molar-refractivity contribution is 0.294. The van der Waals surface area contributed by atoms with E-state index in [1.807, 2.05) is 0 Å². The molecule has 8 aromatic carbocycles. The molecule has 3 fully saturated rings. The largest absolute Gasteiger partial charge is 0.308 e. The van der Waals surface area contributed by atoms with Crippen molar-refractivity contribution in [1.29, 1.82) is 0 Å². The SMILES string of the molecule is c1ccc(-c2ccc(-c3nc(-c4ccc(-c5ccccc5)cc4)nc(-c4ccc(-c5ccccc5)cc4-n4c5ccccc5c5ccc(C6CC7CC6C7)cc54)n3)cc2)cc1. The Morgan fingerprint density at radius 1 is 0.361 bits per heavy atom. The van der Waals surface area contributed by atoms with Gasteiger partial charge in [0.05, 0.1) is 16.7 Å². The average Bonchev–Trinajstić information content (AvgIpc) is 4.05. The molecular formula is C57H42N4. The minimum absolute atomic E-state index is 0.631. The summed E-state index contributed by atoms with van der Waals surface area (Å²) in [5.74, 6) is 4.23. The maximum absolute atomic E-state index is 5.36. The minimum atomic E-state index is 0.631. The summed E-state index contributed by atoms with van der Waals surface area (Å²) in [5.41, 5.74) is 14.7. The molecule has 0 N–H and O–H groups in total. The standard InChI is InChI=1S/C57H42N4/c1-4-12-38(13-5-1)41-20-24-43(25-21-41)55-58-56(44-26-22-42(23-27-44)39-14-6-2-7-15-39)60-57(59-55)50-31-28-45(40-16-8-3-9-17-40)35-54(50)61-52-19-11-10-18-48(52)49-30-29-46(36-53(49)61)51-34-37-32-47(51)33-37/h1-31,35-37,47,51H,32-34H2. The van der Waals surface area contributed by atoms with E-state index in [4.69, 9.17) is 15.0 Å². The van der Waals surface area contributed by atoms with E-state index in [0.29, 0.717) is 23.4 Å². The summed E-state index contributed by atoms with van der Waals surface area (Å²) < 4.78 is 2.47. The molecule has 3 aliphatic rings. The van der Waals surface area contributed by atoms with Crippen molar-refractivity contribution >= 4 is 21.8 Å². The lowest BCUT2D eigenvalue weighted by Crippen LogP contribution is -2.13. The quantitative estimate of drug-likeness (QED) is 0.154. The Hall–Kier alpha value is -7.43. The van der Waals surface area contributed by atoms with E-state index in [1.54, 1.807) is 0 Å². The molecule has 1 unspecified atom stereocenters. The topological polar surface area (TPSA) is 43.6 Å². The molecule has 0 aliphatic heterocycles. The third kappa shape index (κ3) is 6.34. The molecular weight excluding hydrogens is 741 g/mol. The van der Waals surface area contributed by atoms with Crippen LogP contribution in [0.1, 0.15) is 30.7 Å². The Morgan fingerprint density at radius 2 is 0.836 bits per heavy atom. The molecule has 2 aromatic heterocycles. The fraction of sp³-hybridized carbons (Fsp3) is 0.105. The molecule has 4 heteroatoms. The molecule has 1 atom stereocenters. The first-order valence-corrected chi connectivity index (χ1v) is 21.5. The molecule has 10 aromatic rings. The van der Waals surface area contributed by atoms with Gasteiger partial charge in [-0.2, -0.15) is 0 Å². The molecule has 0 saturated heterocycles. The first-order valence-electron chi connectivity index (χ1n) is 21.5. The third-order valence-corrected chi connectivity index (χ3v) is 13.3. The first kappa shape index (κ1) is 35.5. The van der Waals surface area contributed by atoms with Crippen molar-refractivity contribution in [2.75, 3.05) is 0 Å². The summed E-state index contributed by atoms with van der Waals surface area (Å²) in [5, 5.41) is 2.50. The maximum Gasteiger partial charge on any atom is 0.166 e. The van der Waals surface area contributed by atoms with Gasteiger partial charge < -0.3 is 4.57 Å².